The second-order valence-electron chi connectivity index (χ2n) is 9.70. The number of rotatable bonds is 15. The molecule has 0 saturated carbocycles. The van der Waals surface area contributed by atoms with Gasteiger partial charge >= 0.3 is 17.9 Å². The molecule has 8 nitrogen and oxygen atoms in total. The maximum atomic E-state index is 13.4. The minimum absolute atomic E-state index is 0.0464. The van der Waals surface area contributed by atoms with Crippen LogP contribution in [0, 0.1) is 5.92 Å². The van der Waals surface area contributed by atoms with Crippen LogP contribution in [0.5, 0.6) is 0 Å². The Hall–Kier alpha value is -2.55. The van der Waals surface area contributed by atoms with Gasteiger partial charge in [0.25, 0.3) is 0 Å². The maximum absolute atomic E-state index is 13.4. The number of thioether (sulfide) groups is 1. The molecule has 9 heteroatoms. The Morgan fingerprint density at radius 2 is 1.67 bits per heavy atom. The second kappa shape index (κ2) is 16.2. The smallest absolute Gasteiger partial charge is 0.329 e. The Balaban J connectivity index is 2.94. The Bertz CT molecular complexity index is 838. The van der Waals surface area contributed by atoms with Crippen molar-refractivity contribution in [1.82, 2.24) is 5.32 Å². The molecule has 1 unspecified atom stereocenters. The second-order valence-corrected chi connectivity index (χ2v) is 10.8. The molecule has 0 heterocycles. The summed E-state index contributed by atoms with van der Waals surface area (Å²) in [5.41, 5.74) is 0.344. The number of carbonyl (C=O) groups excluding carboxylic acids is 4. The molecular formula is C27H41NO7S. The zero-order valence-corrected chi connectivity index (χ0v) is 23.2. The highest BCUT2D eigenvalue weighted by molar-refractivity contribution is 7.99. The average Bonchev–Trinajstić information content (AvgIpc) is 2.78. The van der Waals surface area contributed by atoms with Gasteiger partial charge in [0.05, 0.1) is 5.92 Å². The molecule has 202 valence electrons. The first-order valence-electron chi connectivity index (χ1n) is 12.4. The highest BCUT2D eigenvalue weighted by atomic mass is 32.2. The van der Waals surface area contributed by atoms with Crippen LogP contribution < -0.4 is 5.32 Å². The van der Waals surface area contributed by atoms with Gasteiger partial charge in [0, 0.05) is 25.4 Å². The molecule has 0 radical (unpaired) electrons. The Morgan fingerprint density at radius 1 is 1.00 bits per heavy atom. The molecule has 0 fully saturated rings. The summed E-state index contributed by atoms with van der Waals surface area (Å²) in [6.45, 7) is 9.96. The SMILES string of the molecule is CCCC[C@H](NC(=O)[C@@H](CSCC(COC(C)=O)OC(C)=O)Cc1ccccc1)C(=O)OC(C)(C)C. The predicted octanol–water partition coefficient (Wildman–Crippen LogP) is 4.09. The predicted molar refractivity (Wildman–Crippen MR) is 140 cm³/mol. The van der Waals surface area contributed by atoms with Gasteiger partial charge in [-0.25, -0.2) is 4.79 Å². The fourth-order valence-electron chi connectivity index (χ4n) is 3.35. The lowest BCUT2D eigenvalue weighted by Crippen LogP contribution is -2.47. The minimum atomic E-state index is -0.724. The zero-order valence-electron chi connectivity index (χ0n) is 22.3. The van der Waals surface area contributed by atoms with E-state index >= 15 is 0 Å². The maximum Gasteiger partial charge on any atom is 0.329 e. The highest BCUT2D eigenvalue weighted by Gasteiger charge is 2.29. The van der Waals surface area contributed by atoms with Crippen molar-refractivity contribution in [2.24, 2.45) is 5.92 Å². The van der Waals surface area contributed by atoms with E-state index in [0.29, 0.717) is 24.3 Å². The third-order valence-electron chi connectivity index (χ3n) is 4.98. The van der Waals surface area contributed by atoms with E-state index in [1.807, 2.05) is 37.3 Å². The van der Waals surface area contributed by atoms with Gasteiger partial charge in [-0.05, 0) is 39.2 Å². The van der Waals surface area contributed by atoms with Gasteiger partial charge in [-0.3, -0.25) is 14.4 Å². The van der Waals surface area contributed by atoms with Crippen molar-refractivity contribution in [3.8, 4) is 0 Å². The van der Waals surface area contributed by atoms with E-state index in [-0.39, 0.29) is 12.5 Å². The van der Waals surface area contributed by atoms with Crippen molar-refractivity contribution in [1.29, 1.82) is 0 Å². The average molecular weight is 524 g/mol. The lowest BCUT2D eigenvalue weighted by molar-refractivity contribution is -0.159. The Morgan fingerprint density at radius 3 is 2.22 bits per heavy atom. The molecule has 0 bridgehead atoms. The summed E-state index contributed by atoms with van der Waals surface area (Å²) < 4.78 is 15.8. The number of carbonyl (C=O) groups is 4. The van der Waals surface area contributed by atoms with Crippen LogP contribution in [0.2, 0.25) is 0 Å². The van der Waals surface area contributed by atoms with Crippen LogP contribution >= 0.6 is 11.8 Å². The normalized spacial score (nSPS) is 13.7. The number of amides is 1. The van der Waals surface area contributed by atoms with Crippen molar-refractivity contribution in [2.75, 3.05) is 18.1 Å². The van der Waals surface area contributed by atoms with Crippen LogP contribution in [0.4, 0.5) is 0 Å². The molecular weight excluding hydrogens is 482 g/mol. The highest BCUT2D eigenvalue weighted by Crippen LogP contribution is 2.19. The third-order valence-corrected chi connectivity index (χ3v) is 6.22. The monoisotopic (exact) mass is 523 g/mol. The number of unbranched alkanes of at least 4 members (excludes halogenated alkanes) is 1. The van der Waals surface area contributed by atoms with E-state index in [1.165, 1.54) is 25.6 Å². The van der Waals surface area contributed by atoms with E-state index < -0.39 is 41.6 Å². The molecule has 0 spiro atoms. The van der Waals surface area contributed by atoms with Crippen molar-refractivity contribution >= 4 is 35.6 Å². The van der Waals surface area contributed by atoms with Crippen molar-refractivity contribution in [3.05, 3.63) is 35.9 Å². The summed E-state index contributed by atoms with van der Waals surface area (Å²) in [5, 5.41) is 2.92. The molecule has 1 aromatic rings. The van der Waals surface area contributed by atoms with Crippen LogP contribution in [0.25, 0.3) is 0 Å². The molecule has 1 N–H and O–H groups in total. The molecule has 0 aliphatic carbocycles. The molecule has 3 atom stereocenters. The minimum Gasteiger partial charge on any atom is -0.462 e. The largest absolute Gasteiger partial charge is 0.462 e. The van der Waals surface area contributed by atoms with Gasteiger partial charge in [0.15, 0.2) is 0 Å². The Labute approximate surface area is 219 Å². The quantitative estimate of drug-likeness (QED) is 0.271. The molecule has 1 rings (SSSR count). The number of esters is 3. The standard InChI is InChI=1S/C27H41NO7S/c1-7-8-14-24(26(32)35-27(4,5)6)28-25(31)22(15-21-12-10-9-11-13-21)17-36-18-23(34-20(3)30)16-33-19(2)29/h9-13,22-24H,7-8,14-18H2,1-6H3,(H,28,31)/t22-,23?,24+/m1/s1. The first-order chi connectivity index (χ1) is 16.9. The summed E-state index contributed by atoms with van der Waals surface area (Å²) in [6, 6.07) is 8.93. The molecule has 0 aliphatic heterocycles. The van der Waals surface area contributed by atoms with Crippen LogP contribution in [0.15, 0.2) is 30.3 Å². The number of nitrogens with one attached hydrogen (secondary N) is 1. The number of hydrogen-bond acceptors (Lipinski definition) is 8. The summed E-state index contributed by atoms with van der Waals surface area (Å²) in [6.07, 6.45) is 2.03. The van der Waals surface area contributed by atoms with Gasteiger partial charge in [-0.1, -0.05) is 50.1 Å². The van der Waals surface area contributed by atoms with Gasteiger partial charge in [0.1, 0.15) is 24.4 Å². The van der Waals surface area contributed by atoms with Crippen molar-refractivity contribution < 1.29 is 33.4 Å². The van der Waals surface area contributed by atoms with Gasteiger partial charge in [0.2, 0.25) is 5.91 Å². The van der Waals surface area contributed by atoms with Crippen LogP contribution in [-0.2, 0) is 39.8 Å². The van der Waals surface area contributed by atoms with Crippen LogP contribution in [0.3, 0.4) is 0 Å². The molecule has 0 saturated heterocycles. The van der Waals surface area contributed by atoms with Crippen LogP contribution in [-0.4, -0.2) is 59.7 Å². The van der Waals surface area contributed by atoms with E-state index in [0.717, 1.165) is 18.4 Å². The molecule has 0 aliphatic rings. The summed E-state index contributed by atoms with van der Waals surface area (Å²) in [5.74, 6) is -1.25. The van der Waals surface area contributed by atoms with Gasteiger partial charge < -0.3 is 19.5 Å². The molecule has 36 heavy (non-hydrogen) atoms. The number of benzene rings is 1. The summed E-state index contributed by atoms with van der Waals surface area (Å²) in [7, 11) is 0. The lowest BCUT2D eigenvalue weighted by Gasteiger charge is -2.26. The molecule has 0 aromatic heterocycles. The summed E-state index contributed by atoms with van der Waals surface area (Å²) in [4.78, 5) is 48.8. The number of hydrogen-bond donors (Lipinski definition) is 1. The number of ether oxygens (including phenoxy) is 3. The van der Waals surface area contributed by atoms with Crippen LogP contribution in [0.1, 0.15) is 66.4 Å². The van der Waals surface area contributed by atoms with E-state index in [2.05, 4.69) is 5.32 Å². The molecule has 1 aromatic carbocycles. The van der Waals surface area contributed by atoms with Gasteiger partial charge in [-0.15, -0.1) is 0 Å². The third kappa shape index (κ3) is 14.1. The zero-order chi connectivity index (χ0) is 27.1. The topological polar surface area (TPSA) is 108 Å². The van der Waals surface area contributed by atoms with Crippen molar-refractivity contribution in [2.45, 2.75) is 85.0 Å². The van der Waals surface area contributed by atoms with E-state index in [1.54, 1.807) is 20.8 Å². The van der Waals surface area contributed by atoms with E-state index in [9.17, 15) is 19.2 Å². The Kier molecular flexibility index (Phi) is 14.2. The van der Waals surface area contributed by atoms with Crippen molar-refractivity contribution in [3.63, 3.8) is 0 Å². The molecule has 1 amide bonds. The fourth-order valence-corrected chi connectivity index (χ4v) is 4.47. The van der Waals surface area contributed by atoms with E-state index in [4.69, 9.17) is 14.2 Å². The first-order valence-corrected chi connectivity index (χ1v) is 13.5. The fraction of sp³-hybridized carbons (Fsp3) is 0.630. The first kappa shape index (κ1) is 31.5. The summed E-state index contributed by atoms with van der Waals surface area (Å²) >= 11 is 1.43. The lowest BCUT2D eigenvalue weighted by atomic mass is 9.99. The van der Waals surface area contributed by atoms with Gasteiger partial charge in [-0.2, -0.15) is 11.8 Å².